The first-order valence-corrected chi connectivity index (χ1v) is 7.72. The Morgan fingerprint density at radius 3 is 2.79 bits per heavy atom. The molecule has 0 radical (unpaired) electrons. The van der Waals surface area contributed by atoms with Gasteiger partial charge in [-0.1, -0.05) is 12.1 Å². The quantitative estimate of drug-likeness (QED) is 0.813. The van der Waals surface area contributed by atoms with E-state index in [1.54, 1.807) is 7.11 Å². The van der Waals surface area contributed by atoms with Crippen molar-refractivity contribution in [2.24, 2.45) is 5.90 Å². The molecule has 2 rings (SSSR count). The molecule has 106 valence electrons. The average molecular weight is 283 g/mol. The number of hydrogen-bond donors (Lipinski definition) is 1. The van der Waals surface area contributed by atoms with Gasteiger partial charge in [-0.2, -0.15) is 11.8 Å². The van der Waals surface area contributed by atoms with Gasteiger partial charge < -0.3 is 14.3 Å². The maximum absolute atomic E-state index is 6.17. The van der Waals surface area contributed by atoms with Gasteiger partial charge in [0.05, 0.1) is 13.7 Å². The molecule has 1 aromatic rings. The maximum Gasteiger partial charge on any atom is 0.164 e. The van der Waals surface area contributed by atoms with Gasteiger partial charge in [0.2, 0.25) is 0 Å². The first kappa shape index (κ1) is 14.5. The van der Waals surface area contributed by atoms with E-state index in [4.69, 9.17) is 15.4 Å². The predicted molar refractivity (Wildman–Crippen MR) is 77.8 cm³/mol. The molecule has 5 heteroatoms. The summed E-state index contributed by atoms with van der Waals surface area (Å²) in [6, 6.07) is 5.93. The van der Waals surface area contributed by atoms with Crippen LogP contribution in [0.5, 0.6) is 11.5 Å². The van der Waals surface area contributed by atoms with Gasteiger partial charge in [-0.3, -0.25) is 0 Å². The van der Waals surface area contributed by atoms with Gasteiger partial charge in [-0.15, -0.1) is 0 Å². The number of rotatable bonds is 6. The second kappa shape index (κ2) is 7.62. The zero-order chi connectivity index (χ0) is 13.5. The van der Waals surface area contributed by atoms with Crippen LogP contribution in [0.2, 0.25) is 0 Å². The Kier molecular flexibility index (Phi) is 5.82. The molecule has 1 aliphatic rings. The molecule has 4 nitrogen and oxygen atoms in total. The molecule has 1 aromatic carbocycles. The van der Waals surface area contributed by atoms with Crippen molar-refractivity contribution in [2.45, 2.75) is 25.4 Å². The molecule has 0 aliphatic carbocycles. The third-order valence-electron chi connectivity index (χ3n) is 3.22. The molecule has 0 saturated carbocycles. The fraction of sp³-hybridized carbons (Fsp3) is 0.571. The second-order valence-corrected chi connectivity index (χ2v) is 5.72. The van der Waals surface area contributed by atoms with Crippen LogP contribution in [-0.4, -0.2) is 31.3 Å². The van der Waals surface area contributed by atoms with E-state index < -0.39 is 0 Å². The largest absolute Gasteiger partial charge is 0.493 e. The molecule has 1 aliphatic heterocycles. The molecule has 0 aromatic heterocycles. The van der Waals surface area contributed by atoms with Crippen molar-refractivity contribution in [3.63, 3.8) is 0 Å². The Bertz CT molecular complexity index is 394. The van der Waals surface area contributed by atoms with Crippen molar-refractivity contribution in [2.75, 3.05) is 25.2 Å². The molecular formula is C14H21NO3S. The van der Waals surface area contributed by atoms with Crippen molar-refractivity contribution >= 4 is 11.8 Å². The third kappa shape index (κ3) is 4.03. The Morgan fingerprint density at radius 2 is 2.11 bits per heavy atom. The van der Waals surface area contributed by atoms with Crippen LogP contribution in [0, 0.1) is 0 Å². The fourth-order valence-electron chi connectivity index (χ4n) is 2.18. The van der Waals surface area contributed by atoms with Crippen molar-refractivity contribution in [3.05, 3.63) is 23.8 Å². The summed E-state index contributed by atoms with van der Waals surface area (Å²) < 4.78 is 11.6. The van der Waals surface area contributed by atoms with Crippen LogP contribution in [0.4, 0.5) is 0 Å². The number of benzene rings is 1. The molecule has 0 unspecified atom stereocenters. The van der Waals surface area contributed by atoms with Gasteiger partial charge in [0, 0.05) is 12.0 Å². The first-order chi connectivity index (χ1) is 9.35. The molecule has 2 N–H and O–H groups in total. The summed E-state index contributed by atoms with van der Waals surface area (Å²) in [5, 5.41) is 0. The molecule has 19 heavy (non-hydrogen) atoms. The monoisotopic (exact) mass is 283 g/mol. The lowest BCUT2D eigenvalue weighted by Gasteiger charge is -2.25. The van der Waals surface area contributed by atoms with Crippen molar-refractivity contribution in [1.29, 1.82) is 0 Å². The van der Waals surface area contributed by atoms with Gasteiger partial charge in [0.15, 0.2) is 11.5 Å². The molecule has 1 heterocycles. The lowest BCUT2D eigenvalue weighted by Crippen LogP contribution is -2.23. The summed E-state index contributed by atoms with van der Waals surface area (Å²) in [6.07, 6.45) is 3.20. The topological polar surface area (TPSA) is 53.7 Å². The van der Waals surface area contributed by atoms with Gasteiger partial charge in [-0.05, 0) is 30.4 Å². The summed E-state index contributed by atoms with van der Waals surface area (Å²) in [4.78, 5) is 4.66. The van der Waals surface area contributed by atoms with E-state index in [0.29, 0.717) is 6.61 Å². The van der Waals surface area contributed by atoms with E-state index in [-0.39, 0.29) is 6.10 Å². The number of thioether (sulfide) groups is 1. The highest BCUT2D eigenvalue weighted by molar-refractivity contribution is 7.99. The smallest absolute Gasteiger partial charge is 0.164 e. The van der Waals surface area contributed by atoms with Crippen LogP contribution in [0.25, 0.3) is 0 Å². The fourth-order valence-corrected chi connectivity index (χ4v) is 3.25. The van der Waals surface area contributed by atoms with E-state index in [2.05, 4.69) is 4.84 Å². The van der Waals surface area contributed by atoms with Gasteiger partial charge in [-0.25, -0.2) is 5.90 Å². The zero-order valence-corrected chi connectivity index (χ0v) is 12.1. The van der Waals surface area contributed by atoms with E-state index in [9.17, 15) is 0 Å². The Hall–Kier alpha value is -0.910. The van der Waals surface area contributed by atoms with Crippen molar-refractivity contribution in [3.8, 4) is 11.5 Å². The molecule has 1 saturated heterocycles. The summed E-state index contributed by atoms with van der Waals surface area (Å²) in [6.45, 7) is 0.476. The highest BCUT2D eigenvalue weighted by Crippen LogP contribution is 2.34. The Labute approximate surface area is 118 Å². The Morgan fingerprint density at radius 1 is 1.32 bits per heavy atom. The van der Waals surface area contributed by atoms with E-state index in [0.717, 1.165) is 36.3 Å². The highest BCUT2D eigenvalue weighted by Gasteiger charge is 2.19. The van der Waals surface area contributed by atoms with Gasteiger partial charge in [0.1, 0.15) is 6.10 Å². The van der Waals surface area contributed by atoms with Crippen LogP contribution in [0.3, 0.4) is 0 Å². The normalized spacial score (nSPS) is 16.3. The van der Waals surface area contributed by atoms with Gasteiger partial charge in [0.25, 0.3) is 0 Å². The van der Waals surface area contributed by atoms with Crippen LogP contribution in [-0.2, 0) is 11.3 Å². The minimum absolute atomic E-state index is 0.287. The first-order valence-electron chi connectivity index (χ1n) is 6.57. The maximum atomic E-state index is 6.17. The summed E-state index contributed by atoms with van der Waals surface area (Å²) in [5.41, 5.74) is 1.09. The zero-order valence-electron chi connectivity index (χ0n) is 11.3. The number of para-hydroxylation sites is 1. The standard InChI is InChI=1S/C14H21NO3S/c1-16-13-4-2-3-11(5-8-17-15)14(13)18-12-6-9-19-10-7-12/h2-4,12H,5-10,15H2,1H3. The van der Waals surface area contributed by atoms with Crippen LogP contribution >= 0.6 is 11.8 Å². The summed E-state index contributed by atoms with van der Waals surface area (Å²) >= 11 is 1.99. The second-order valence-electron chi connectivity index (χ2n) is 4.50. The minimum Gasteiger partial charge on any atom is -0.493 e. The molecule has 0 spiro atoms. The minimum atomic E-state index is 0.287. The lowest BCUT2D eigenvalue weighted by molar-refractivity contribution is 0.138. The number of nitrogens with two attached hydrogens (primary N) is 1. The number of ether oxygens (including phenoxy) is 2. The average Bonchev–Trinajstić information content (AvgIpc) is 2.47. The van der Waals surface area contributed by atoms with Crippen molar-refractivity contribution < 1.29 is 14.3 Å². The van der Waals surface area contributed by atoms with Crippen LogP contribution in [0.15, 0.2) is 18.2 Å². The highest BCUT2D eigenvalue weighted by atomic mass is 32.2. The van der Waals surface area contributed by atoms with E-state index in [1.165, 1.54) is 11.5 Å². The summed E-state index contributed by atoms with van der Waals surface area (Å²) in [7, 11) is 1.67. The van der Waals surface area contributed by atoms with E-state index in [1.807, 2.05) is 30.0 Å². The molecule has 1 fully saturated rings. The molecular weight excluding hydrogens is 262 g/mol. The van der Waals surface area contributed by atoms with Crippen LogP contribution in [0.1, 0.15) is 18.4 Å². The molecule has 0 atom stereocenters. The lowest BCUT2D eigenvalue weighted by atomic mass is 10.1. The molecule has 0 amide bonds. The summed E-state index contributed by atoms with van der Waals surface area (Å²) in [5.74, 6) is 9.07. The molecule has 0 bridgehead atoms. The Balaban J connectivity index is 2.14. The third-order valence-corrected chi connectivity index (χ3v) is 4.27. The number of hydrogen-bond acceptors (Lipinski definition) is 5. The predicted octanol–water partition coefficient (Wildman–Crippen LogP) is 2.40. The van der Waals surface area contributed by atoms with E-state index >= 15 is 0 Å². The van der Waals surface area contributed by atoms with Crippen LogP contribution < -0.4 is 15.4 Å². The number of methoxy groups -OCH3 is 1. The SMILES string of the molecule is COc1cccc(CCON)c1OC1CCSCC1. The van der Waals surface area contributed by atoms with Gasteiger partial charge >= 0.3 is 0 Å². The van der Waals surface area contributed by atoms with Crippen molar-refractivity contribution in [1.82, 2.24) is 0 Å².